The molecule has 5 nitrogen and oxygen atoms in total. The summed E-state index contributed by atoms with van der Waals surface area (Å²) in [4.78, 5) is 45.4. The number of carbonyl (C=O) groups is 3. The summed E-state index contributed by atoms with van der Waals surface area (Å²) in [6, 6.07) is 28.2. The fourth-order valence-electron chi connectivity index (χ4n) is 4.31. The highest BCUT2D eigenvalue weighted by Crippen LogP contribution is 2.30. The highest BCUT2D eigenvalue weighted by Gasteiger charge is 2.28. The Balaban J connectivity index is 1.98. The number of nitrogens with zero attached hydrogens (tertiary/aromatic N) is 2. The van der Waals surface area contributed by atoms with E-state index in [-0.39, 0.29) is 34.0 Å². The number of rotatable bonds is 8. The minimum atomic E-state index is -0.370. The first-order chi connectivity index (χ1) is 17.3. The third kappa shape index (κ3) is 4.68. The van der Waals surface area contributed by atoms with Gasteiger partial charge in [0.2, 0.25) is 0 Å². The van der Waals surface area contributed by atoms with Crippen LogP contribution in [0.2, 0.25) is 0 Å². The van der Waals surface area contributed by atoms with Crippen LogP contribution >= 0.6 is 0 Å². The lowest BCUT2D eigenvalue weighted by Crippen LogP contribution is -2.21. The van der Waals surface area contributed by atoms with Crippen molar-refractivity contribution in [2.24, 2.45) is 0 Å². The van der Waals surface area contributed by atoms with Gasteiger partial charge in [-0.05, 0) is 24.3 Å². The first kappa shape index (κ1) is 24.6. The molecule has 0 aliphatic rings. The van der Waals surface area contributed by atoms with Gasteiger partial charge in [-0.2, -0.15) is 0 Å². The predicted octanol–water partition coefficient (Wildman–Crippen LogP) is 5.51. The Kier molecular flexibility index (Phi) is 7.11. The normalized spacial score (nSPS) is 10.6. The van der Waals surface area contributed by atoms with Crippen LogP contribution < -0.4 is 9.80 Å². The van der Waals surface area contributed by atoms with Crippen LogP contribution in [-0.2, 0) is 0 Å². The van der Waals surface area contributed by atoms with Crippen molar-refractivity contribution < 1.29 is 14.4 Å². The molecule has 0 spiro atoms. The third-order valence-corrected chi connectivity index (χ3v) is 6.08. The largest absolute Gasteiger partial charge is 0.377 e. The van der Waals surface area contributed by atoms with Crippen molar-refractivity contribution in [1.29, 1.82) is 0 Å². The second-order valence-electron chi connectivity index (χ2n) is 8.90. The lowest BCUT2D eigenvalue weighted by atomic mass is 9.86. The second kappa shape index (κ2) is 10.4. The topological polar surface area (TPSA) is 57.7 Å². The van der Waals surface area contributed by atoms with Gasteiger partial charge in [-0.25, -0.2) is 0 Å². The molecule has 5 heteroatoms. The van der Waals surface area contributed by atoms with Crippen molar-refractivity contribution in [2.75, 3.05) is 38.0 Å². The maximum absolute atomic E-state index is 14.2. The lowest BCUT2D eigenvalue weighted by molar-refractivity contribution is 0.0991. The van der Waals surface area contributed by atoms with E-state index in [0.29, 0.717) is 22.4 Å². The van der Waals surface area contributed by atoms with E-state index in [4.69, 9.17) is 0 Å². The Morgan fingerprint density at radius 3 is 1.39 bits per heavy atom. The van der Waals surface area contributed by atoms with E-state index in [0.717, 1.165) is 5.69 Å². The third-order valence-electron chi connectivity index (χ3n) is 6.08. The van der Waals surface area contributed by atoms with E-state index in [1.165, 1.54) is 0 Å². The number of ketones is 3. The van der Waals surface area contributed by atoms with Crippen LogP contribution in [0.3, 0.4) is 0 Å². The van der Waals surface area contributed by atoms with Crippen molar-refractivity contribution in [1.82, 2.24) is 0 Å². The zero-order valence-corrected chi connectivity index (χ0v) is 20.9. The standard InChI is InChI=1S/C31H28N2O3/c1-32(2)26-19-10-8-15-22(26)30(35)25-18-12-17-24(29(34)21-13-6-5-7-14-21)28(25)31(36)23-16-9-11-20-27(23)33(3)4/h5-20H,1-4H3. The molecular weight excluding hydrogens is 448 g/mol. The maximum atomic E-state index is 14.2. The average Bonchev–Trinajstić information content (AvgIpc) is 2.91. The summed E-state index contributed by atoms with van der Waals surface area (Å²) >= 11 is 0. The molecule has 0 heterocycles. The van der Waals surface area contributed by atoms with Crippen molar-refractivity contribution in [3.63, 3.8) is 0 Å². The van der Waals surface area contributed by atoms with Gasteiger partial charge >= 0.3 is 0 Å². The summed E-state index contributed by atoms with van der Waals surface area (Å²) in [6.07, 6.45) is 0. The zero-order chi connectivity index (χ0) is 25.8. The van der Waals surface area contributed by atoms with Crippen LogP contribution in [0.25, 0.3) is 0 Å². The van der Waals surface area contributed by atoms with E-state index >= 15 is 0 Å². The minimum absolute atomic E-state index is 0.110. The Bertz CT molecular complexity index is 1440. The number of para-hydroxylation sites is 2. The van der Waals surface area contributed by atoms with Crippen LogP contribution in [0, 0.1) is 0 Å². The van der Waals surface area contributed by atoms with E-state index < -0.39 is 0 Å². The highest BCUT2D eigenvalue weighted by atomic mass is 16.1. The van der Waals surface area contributed by atoms with Gasteiger partial charge in [-0.1, -0.05) is 72.8 Å². The van der Waals surface area contributed by atoms with Crippen molar-refractivity contribution in [3.8, 4) is 0 Å². The molecule has 4 aromatic carbocycles. The SMILES string of the molecule is CN(C)c1ccccc1C(=O)c1cccc(C(=O)c2ccccc2)c1C(=O)c1ccccc1N(C)C. The molecule has 0 amide bonds. The number of carbonyl (C=O) groups excluding carboxylic acids is 3. The van der Waals surface area contributed by atoms with Gasteiger partial charge < -0.3 is 9.80 Å². The predicted molar refractivity (Wildman–Crippen MR) is 145 cm³/mol. The summed E-state index contributed by atoms with van der Waals surface area (Å²) in [6.45, 7) is 0. The van der Waals surface area contributed by atoms with E-state index in [1.54, 1.807) is 66.7 Å². The zero-order valence-electron chi connectivity index (χ0n) is 20.9. The molecule has 0 bridgehead atoms. The van der Waals surface area contributed by atoms with Gasteiger partial charge in [-0.3, -0.25) is 14.4 Å². The summed E-state index contributed by atoms with van der Waals surface area (Å²) < 4.78 is 0. The fraction of sp³-hybridized carbons (Fsp3) is 0.129. The van der Waals surface area contributed by atoms with Crippen LogP contribution in [0.5, 0.6) is 0 Å². The second-order valence-corrected chi connectivity index (χ2v) is 8.90. The Labute approximate surface area is 211 Å². The van der Waals surface area contributed by atoms with Crippen LogP contribution in [0.4, 0.5) is 11.4 Å². The van der Waals surface area contributed by atoms with Crippen molar-refractivity contribution >= 4 is 28.7 Å². The summed E-state index contributed by atoms with van der Waals surface area (Å²) in [7, 11) is 7.43. The molecule has 0 atom stereocenters. The Morgan fingerprint density at radius 2 is 0.861 bits per heavy atom. The molecule has 180 valence electrons. The smallest absolute Gasteiger partial charge is 0.196 e. The Hall–Kier alpha value is -4.51. The van der Waals surface area contributed by atoms with Gasteiger partial charge in [-0.15, -0.1) is 0 Å². The molecule has 0 saturated carbocycles. The maximum Gasteiger partial charge on any atom is 0.196 e. The Morgan fingerprint density at radius 1 is 0.444 bits per heavy atom. The summed E-state index contributed by atoms with van der Waals surface area (Å²) in [5, 5.41) is 0. The van der Waals surface area contributed by atoms with E-state index in [2.05, 4.69) is 0 Å². The molecule has 0 saturated heterocycles. The number of benzene rings is 4. The monoisotopic (exact) mass is 476 g/mol. The van der Waals surface area contributed by atoms with Crippen LogP contribution in [-0.4, -0.2) is 45.5 Å². The molecule has 0 fully saturated rings. The minimum Gasteiger partial charge on any atom is -0.377 e. The quantitative estimate of drug-likeness (QED) is 0.314. The summed E-state index contributed by atoms with van der Waals surface area (Å²) in [5.74, 6) is -0.991. The molecule has 36 heavy (non-hydrogen) atoms. The number of hydrogen-bond donors (Lipinski definition) is 0. The van der Waals surface area contributed by atoms with E-state index in [1.807, 2.05) is 68.3 Å². The molecule has 4 aromatic rings. The van der Waals surface area contributed by atoms with Crippen molar-refractivity contribution in [2.45, 2.75) is 0 Å². The van der Waals surface area contributed by atoms with Crippen LogP contribution in [0.1, 0.15) is 47.8 Å². The fourth-order valence-corrected chi connectivity index (χ4v) is 4.31. The lowest BCUT2D eigenvalue weighted by Gasteiger charge is -2.20. The van der Waals surface area contributed by atoms with Gasteiger partial charge in [0.15, 0.2) is 17.3 Å². The van der Waals surface area contributed by atoms with E-state index in [9.17, 15) is 14.4 Å². The van der Waals surface area contributed by atoms with Gasteiger partial charge in [0, 0.05) is 72.9 Å². The van der Waals surface area contributed by atoms with Crippen molar-refractivity contribution in [3.05, 3.63) is 130 Å². The first-order valence-corrected chi connectivity index (χ1v) is 11.7. The molecule has 0 aromatic heterocycles. The molecule has 4 rings (SSSR count). The van der Waals surface area contributed by atoms with Gasteiger partial charge in [0.05, 0.1) is 0 Å². The first-order valence-electron chi connectivity index (χ1n) is 11.7. The molecule has 0 N–H and O–H groups in total. The molecule has 0 unspecified atom stereocenters. The molecule has 0 aliphatic carbocycles. The molecule has 0 aliphatic heterocycles. The van der Waals surface area contributed by atoms with Gasteiger partial charge in [0.25, 0.3) is 0 Å². The van der Waals surface area contributed by atoms with Crippen LogP contribution in [0.15, 0.2) is 97.1 Å². The summed E-state index contributed by atoms with van der Waals surface area (Å²) in [5.41, 5.74) is 3.28. The molecule has 0 radical (unpaired) electrons. The molecular formula is C31H28N2O3. The number of anilines is 2. The number of hydrogen-bond acceptors (Lipinski definition) is 5. The average molecular weight is 477 g/mol. The van der Waals surface area contributed by atoms with Gasteiger partial charge in [0.1, 0.15) is 0 Å². The highest BCUT2D eigenvalue weighted by molar-refractivity contribution is 6.27.